The molecule has 0 aliphatic carbocycles. The molecular formula is C14H23N3O. The molecule has 0 atom stereocenters. The summed E-state index contributed by atoms with van der Waals surface area (Å²) in [7, 11) is 1.84. The van der Waals surface area contributed by atoms with Crippen LogP contribution in [0.2, 0.25) is 0 Å². The number of aromatic nitrogens is 2. The SMILES string of the molecule is C=C(C)CCOc1cc(NC)nc(C(C)(C)C)n1. The predicted molar refractivity (Wildman–Crippen MR) is 75.2 cm³/mol. The molecule has 0 spiro atoms. The predicted octanol–water partition coefficient (Wildman–Crippen LogP) is 3.16. The van der Waals surface area contributed by atoms with Gasteiger partial charge in [-0.3, -0.25) is 0 Å². The summed E-state index contributed by atoms with van der Waals surface area (Å²) >= 11 is 0. The van der Waals surface area contributed by atoms with Crippen molar-refractivity contribution < 1.29 is 4.74 Å². The fraction of sp³-hybridized carbons (Fsp3) is 0.571. The van der Waals surface area contributed by atoms with Crippen molar-refractivity contribution in [2.75, 3.05) is 19.0 Å². The van der Waals surface area contributed by atoms with E-state index in [4.69, 9.17) is 4.74 Å². The number of hydrogen-bond acceptors (Lipinski definition) is 4. The van der Waals surface area contributed by atoms with E-state index in [9.17, 15) is 0 Å². The van der Waals surface area contributed by atoms with Gasteiger partial charge in [-0.25, -0.2) is 4.98 Å². The highest BCUT2D eigenvalue weighted by Gasteiger charge is 2.19. The molecule has 1 N–H and O–H groups in total. The first-order valence-electron chi connectivity index (χ1n) is 6.17. The van der Waals surface area contributed by atoms with Crippen molar-refractivity contribution >= 4 is 5.82 Å². The average molecular weight is 249 g/mol. The Kier molecular flexibility index (Phi) is 4.70. The molecule has 18 heavy (non-hydrogen) atoms. The summed E-state index contributed by atoms with van der Waals surface area (Å²) in [5.74, 6) is 2.17. The van der Waals surface area contributed by atoms with Gasteiger partial charge in [-0.05, 0) is 6.92 Å². The average Bonchev–Trinajstić information content (AvgIpc) is 2.27. The van der Waals surface area contributed by atoms with E-state index >= 15 is 0 Å². The van der Waals surface area contributed by atoms with Gasteiger partial charge in [-0.15, -0.1) is 6.58 Å². The molecule has 1 rings (SSSR count). The van der Waals surface area contributed by atoms with E-state index in [-0.39, 0.29) is 5.41 Å². The van der Waals surface area contributed by atoms with Crippen LogP contribution in [0.3, 0.4) is 0 Å². The van der Waals surface area contributed by atoms with Gasteiger partial charge in [0.1, 0.15) is 11.6 Å². The number of rotatable bonds is 5. The number of anilines is 1. The van der Waals surface area contributed by atoms with E-state index in [1.54, 1.807) is 0 Å². The van der Waals surface area contributed by atoms with E-state index in [1.807, 2.05) is 20.0 Å². The number of ether oxygens (including phenoxy) is 1. The summed E-state index contributed by atoms with van der Waals surface area (Å²) < 4.78 is 5.64. The Morgan fingerprint density at radius 3 is 2.56 bits per heavy atom. The van der Waals surface area contributed by atoms with Gasteiger partial charge in [0, 0.05) is 24.9 Å². The van der Waals surface area contributed by atoms with Gasteiger partial charge < -0.3 is 10.1 Å². The van der Waals surface area contributed by atoms with Gasteiger partial charge in [-0.2, -0.15) is 4.98 Å². The quantitative estimate of drug-likeness (QED) is 0.814. The molecule has 0 aliphatic rings. The van der Waals surface area contributed by atoms with Gasteiger partial charge in [0.15, 0.2) is 0 Å². The zero-order chi connectivity index (χ0) is 13.8. The molecule has 0 fully saturated rings. The molecule has 0 amide bonds. The molecular weight excluding hydrogens is 226 g/mol. The van der Waals surface area contributed by atoms with Gasteiger partial charge in [0.2, 0.25) is 5.88 Å². The Bertz CT molecular complexity index is 422. The number of nitrogens with one attached hydrogen (secondary N) is 1. The van der Waals surface area contributed by atoms with Gasteiger partial charge in [0.25, 0.3) is 0 Å². The van der Waals surface area contributed by atoms with Crippen molar-refractivity contribution in [2.24, 2.45) is 0 Å². The normalized spacial score (nSPS) is 11.2. The monoisotopic (exact) mass is 249 g/mol. The minimum absolute atomic E-state index is 0.0979. The van der Waals surface area contributed by atoms with Crippen LogP contribution in [0.25, 0.3) is 0 Å². The van der Waals surface area contributed by atoms with Crippen molar-refractivity contribution in [3.05, 3.63) is 24.0 Å². The zero-order valence-corrected chi connectivity index (χ0v) is 12.0. The third-order valence-electron chi connectivity index (χ3n) is 2.41. The largest absolute Gasteiger partial charge is 0.477 e. The van der Waals surface area contributed by atoms with E-state index in [0.717, 1.165) is 23.6 Å². The lowest BCUT2D eigenvalue weighted by molar-refractivity contribution is 0.305. The minimum Gasteiger partial charge on any atom is -0.477 e. The van der Waals surface area contributed by atoms with Crippen LogP contribution in [0.5, 0.6) is 5.88 Å². The minimum atomic E-state index is -0.0979. The lowest BCUT2D eigenvalue weighted by atomic mass is 9.96. The Hall–Kier alpha value is -1.58. The van der Waals surface area contributed by atoms with Crippen molar-refractivity contribution in [3.63, 3.8) is 0 Å². The van der Waals surface area contributed by atoms with E-state index in [1.165, 1.54) is 0 Å². The standard InChI is InChI=1S/C14H23N3O/c1-10(2)7-8-18-12-9-11(15-6)16-13(17-12)14(3,4)5/h9H,1,7-8H2,2-6H3,(H,15,16,17). The lowest BCUT2D eigenvalue weighted by Crippen LogP contribution is -2.17. The molecule has 0 saturated heterocycles. The fourth-order valence-electron chi connectivity index (χ4n) is 1.29. The molecule has 1 heterocycles. The summed E-state index contributed by atoms with van der Waals surface area (Å²) in [5.41, 5.74) is 1.01. The van der Waals surface area contributed by atoms with Crippen LogP contribution in [0.4, 0.5) is 5.82 Å². The molecule has 1 aromatic rings. The first-order chi connectivity index (χ1) is 8.32. The maximum atomic E-state index is 5.64. The maximum absolute atomic E-state index is 5.64. The number of nitrogens with zero attached hydrogens (tertiary/aromatic N) is 2. The first kappa shape index (κ1) is 14.5. The fourth-order valence-corrected chi connectivity index (χ4v) is 1.29. The first-order valence-corrected chi connectivity index (χ1v) is 6.17. The van der Waals surface area contributed by atoms with Crippen LogP contribution in [0, 0.1) is 0 Å². The topological polar surface area (TPSA) is 47.0 Å². The molecule has 0 bridgehead atoms. The van der Waals surface area contributed by atoms with Crippen molar-refractivity contribution in [1.82, 2.24) is 9.97 Å². The molecule has 4 nitrogen and oxygen atoms in total. The van der Waals surface area contributed by atoms with Crippen molar-refractivity contribution in [2.45, 2.75) is 39.5 Å². The van der Waals surface area contributed by atoms with Crippen LogP contribution in [0.1, 0.15) is 39.9 Å². The summed E-state index contributed by atoms with van der Waals surface area (Å²) in [6.07, 6.45) is 0.837. The molecule has 0 radical (unpaired) electrons. The summed E-state index contributed by atoms with van der Waals surface area (Å²) in [6, 6.07) is 1.81. The summed E-state index contributed by atoms with van der Waals surface area (Å²) in [6.45, 7) is 12.7. The van der Waals surface area contributed by atoms with Crippen LogP contribution in [-0.2, 0) is 5.41 Å². The summed E-state index contributed by atoms with van der Waals surface area (Å²) in [4.78, 5) is 8.89. The third-order valence-corrected chi connectivity index (χ3v) is 2.41. The van der Waals surface area contributed by atoms with Gasteiger partial charge >= 0.3 is 0 Å². The Balaban J connectivity index is 2.87. The van der Waals surface area contributed by atoms with Crippen LogP contribution in [0.15, 0.2) is 18.2 Å². The van der Waals surface area contributed by atoms with E-state index in [2.05, 4.69) is 42.6 Å². The molecule has 100 valence electrons. The highest BCUT2D eigenvalue weighted by Crippen LogP contribution is 2.23. The molecule has 0 unspecified atom stereocenters. The Morgan fingerprint density at radius 1 is 1.39 bits per heavy atom. The second kappa shape index (κ2) is 5.85. The van der Waals surface area contributed by atoms with Crippen LogP contribution in [-0.4, -0.2) is 23.6 Å². The van der Waals surface area contributed by atoms with Crippen molar-refractivity contribution in [3.8, 4) is 5.88 Å². The number of hydrogen-bond donors (Lipinski definition) is 1. The zero-order valence-electron chi connectivity index (χ0n) is 12.0. The van der Waals surface area contributed by atoms with Crippen LogP contribution < -0.4 is 10.1 Å². The van der Waals surface area contributed by atoms with Gasteiger partial charge in [0.05, 0.1) is 6.61 Å². The second-order valence-corrected chi connectivity index (χ2v) is 5.47. The smallest absolute Gasteiger partial charge is 0.218 e. The lowest BCUT2D eigenvalue weighted by Gasteiger charge is -2.18. The van der Waals surface area contributed by atoms with E-state index < -0.39 is 0 Å². The highest BCUT2D eigenvalue weighted by molar-refractivity contribution is 5.38. The van der Waals surface area contributed by atoms with Crippen LogP contribution >= 0.6 is 0 Å². The Labute approximate surface area is 109 Å². The molecule has 0 aromatic carbocycles. The summed E-state index contributed by atoms with van der Waals surface area (Å²) in [5, 5.41) is 3.03. The van der Waals surface area contributed by atoms with Gasteiger partial charge in [-0.1, -0.05) is 26.3 Å². The Morgan fingerprint density at radius 2 is 2.06 bits per heavy atom. The maximum Gasteiger partial charge on any atom is 0.218 e. The second-order valence-electron chi connectivity index (χ2n) is 5.47. The van der Waals surface area contributed by atoms with E-state index in [0.29, 0.717) is 12.5 Å². The van der Waals surface area contributed by atoms with Crippen molar-refractivity contribution in [1.29, 1.82) is 0 Å². The molecule has 0 saturated carbocycles. The molecule has 0 aliphatic heterocycles. The third kappa shape index (κ3) is 4.35. The molecule has 1 aromatic heterocycles. The molecule has 4 heteroatoms. The highest BCUT2D eigenvalue weighted by atomic mass is 16.5.